The Morgan fingerprint density at radius 2 is 1.88 bits per heavy atom. The molecule has 0 unspecified atom stereocenters. The van der Waals surface area contributed by atoms with Crippen molar-refractivity contribution in [2.45, 2.75) is 25.7 Å². The summed E-state index contributed by atoms with van der Waals surface area (Å²) in [5.41, 5.74) is 3.62. The molecule has 2 heterocycles. The molecule has 6 nitrogen and oxygen atoms in total. The van der Waals surface area contributed by atoms with E-state index in [2.05, 4.69) is 15.3 Å². The molecule has 124 valence electrons. The number of nitrogens with zero attached hydrogens (tertiary/aromatic N) is 2. The third kappa shape index (κ3) is 3.04. The Morgan fingerprint density at radius 1 is 1.12 bits per heavy atom. The highest BCUT2D eigenvalue weighted by atomic mass is 16.2. The normalized spacial score (nSPS) is 17.1. The van der Waals surface area contributed by atoms with Gasteiger partial charge in [-0.2, -0.15) is 0 Å². The van der Waals surface area contributed by atoms with Crippen molar-refractivity contribution in [3.05, 3.63) is 47.5 Å². The van der Waals surface area contributed by atoms with E-state index in [1.807, 2.05) is 0 Å². The zero-order chi connectivity index (χ0) is 16.5. The van der Waals surface area contributed by atoms with Crippen molar-refractivity contribution in [2.24, 2.45) is 5.92 Å². The Balaban J connectivity index is 1.37. The van der Waals surface area contributed by atoms with Gasteiger partial charge in [0, 0.05) is 48.8 Å². The zero-order valence-corrected chi connectivity index (χ0v) is 13.4. The van der Waals surface area contributed by atoms with E-state index in [0.29, 0.717) is 18.8 Å². The number of carbonyl (C=O) groups is 2. The second-order valence-corrected chi connectivity index (χ2v) is 6.46. The molecule has 6 heteroatoms. The average Bonchev–Trinajstić information content (AvgIpc) is 3.38. The lowest BCUT2D eigenvalue weighted by atomic mass is 10.1. The maximum Gasteiger partial charge on any atom is 0.321 e. The second kappa shape index (κ2) is 6.11. The molecule has 1 aromatic heterocycles. The lowest BCUT2D eigenvalue weighted by Gasteiger charge is -2.20. The minimum atomic E-state index is -0.110. The molecule has 1 aromatic carbocycles. The number of aromatic amines is 1. The smallest absolute Gasteiger partial charge is 0.321 e. The Labute approximate surface area is 140 Å². The molecule has 1 fully saturated rings. The number of urea groups is 1. The first-order chi connectivity index (χ1) is 11.7. The number of hydrogen-bond donors (Lipinski definition) is 2. The number of Topliss-reactive ketones (excluding diaryl/α,β-unsaturated/α-hetero) is 1. The van der Waals surface area contributed by atoms with Gasteiger partial charge in [-0.15, -0.1) is 0 Å². The van der Waals surface area contributed by atoms with E-state index in [9.17, 15) is 9.59 Å². The van der Waals surface area contributed by atoms with Crippen LogP contribution in [0, 0.1) is 5.92 Å². The maximum atomic E-state index is 12.4. The summed E-state index contributed by atoms with van der Waals surface area (Å²) in [6.45, 7) is 1.32. The van der Waals surface area contributed by atoms with E-state index < -0.39 is 0 Å². The van der Waals surface area contributed by atoms with E-state index in [4.69, 9.17) is 0 Å². The summed E-state index contributed by atoms with van der Waals surface area (Å²) in [5, 5.41) is 2.91. The molecule has 24 heavy (non-hydrogen) atoms. The third-order valence-corrected chi connectivity index (χ3v) is 4.71. The number of imidazole rings is 1. The summed E-state index contributed by atoms with van der Waals surface area (Å²) in [5.74, 6) is 0.433. The highest BCUT2D eigenvalue weighted by Gasteiger charge is 2.30. The zero-order valence-electron chi connectivity index (χ0n) is 13.4. The van der Waals surface area contributed by atoms with Crippen LogP contribution in [0.15, 0.2) is 30.6 Å². The molecule has 2 aromatic rings. The topological polar surface area (TPSA) is 78.1 Å². The van der Waals surface area contributed by atoms with Crippen molar-refractivity contribution in [1.82, 2.24) is 14.9 Å². The third-order valence-electron chi connectivity index (χ3n) is 4.71. The quantitative estimate of drug-likeness (QED) is 0.852. The van der Waals surface area contributed by atoms with Crippen molar-refractivity contribution in [1.29, 1.82) is 0 Å². The van der Waals surface area contributed by atoms with Gasteiger partial charge < -0.3 is 15.2 Å². The predicted molar refractivity (Wildman–Crippen MR) is 90.1 cm³/mol. The first-order valence-corrected chi connectivity index (χ1v) is 8.42. The van der Waals surface area contributed by atoms with E-state index >= 15 is 0 Å². The van der Waals surface area contributed by atoms with Crippen LogP contribution in [0.1, 0.15) is 34.6 Å². The molecule has 1 saturated carbocycles. The van der Waals surface area contributed by atoms with Crippen molar-refractivity contribution >= 4 is 17.5 Å². The summed E-state index contributed by atoms with van der Waals surface area (Å²) in [6.07, 6.45) is 5.27. The number of nitrogens with one attached hydrogen (secondary N) is 2. The maximum absolute atomic E-state index is 12.4. The Bertz CT molecular complexity index is 739. The van der Waals surface area contributed by atoms with Gasteiger partial charge in [0.25, 0.3) is 0 Å². The number of amides is 2. The van der Waals surface area contributed by atoms with E-state index in [1.54, 1.807) is 35.5 Å². The molecule has 0 atom stereocenters. The van der Waals surface area contributed by atoms with Crippen LogP contribution >= 0.6 is 0 Å². The summed E-state index contributed by atoms with van der Waals surface area (Å²) in [4.78, 5) is 33.7. The highest BCUT2D eigenvalue weighted by molar-refractivity contribution is 6.00. The van der Waals surface area contributed by atoms with Crippen molar-refractivity contribution in [2.75, 3.05) is 18.4 Å². The second-order valence-electron chi connectivity index (χ2n) is 6.46. The van der Waals surface area contributed by atoms with Gasteiger partial charge in [0.05, 0.1) is 12.0 Å². The largest absolute Gasteiger partial charge is 0.348 e. The van der Waals surface area contributed by atoms with Crippen LogP contribution in [0.3, 0.4) is 0 Å². The first kappa shape index (κ1) is 14.9. The number of H-pyrrole nitrogens is 1. The number of hydrogen-bond acceptors (Lipinski definition) is 3. The van der Waals surface area contributed by atoms with Gasteiger partial charge in [0.2, 0.25) is 0 Å². The fraction of sp³-hybridized carbons (Fsp3) is 0.389. The van der Waals surface area contributed by atoms with Gasteiger partial charge in [0.15, 0.2) is 5.78 Å². The molecule has 4 rings (SSSR count). The van der Waals surface area contributed by atoms with Crippen LogP contribution < -0.4 is 5.32 Å². The minimum Gasteiger partial charge on any atom is -0.348 e. The minimum absolute atomic E-state index is 0.110. The van der Waals surface area contributed by atoms with Gasteiger partial charge in [-0.1, -0.05) is 0 Å². The van der Waals surface area contributed by atoms with Gasteiger partial charge in [-0.05, 0) is 37.1 Å². The highest BCUT2D eigenvalue weighted by Crippen LogP contribution is 2.32. The van der Waals surface area contributed by atoms with Crippen LogP contribution in [0.4, 0.5) is 10.5 Å². The Hall–Kier alpha value is -2.63. The monoisotopic (exact) mass is 324 g/mol. The number of aromatic nitrogens is 2. The van der Waals surface area contributed by atoms with Gasteiger partial charge in [-0.25, -0.2) is 9.78 Å². The number of fused-ring (bicyclic) bond motifs is 1. The lowest BCUT2D eigenvalue weighted by Crippen LogP contribution is -2.36. The molecule has 2 N–H and O–H groups in total. The van der Waals surface area contributed by atoms with Crippen LogP contribution in [0.5, 0.6) is 0 Å². The molecular formula is C18H20N4O2. The SMILES string of the molecule is O=C(c1ccc(NC(=O)N2CCc3nc[nH]c3CC2)cc1)C1CC1. The van der Waals surface area contributed by atoms with Gasteiger partial charge in [0.1, 0.15) is 0 Å². The number of ketones is 1. The summed E-state index contributed by atoms with van der Waals surface area (Å²) >= 11 is 0. The number of benzene rings is 1. The van der Waals surface area contributed by atoms with E-state index in [-0.39, 0.29) is 17.7 Å². The van der Waals surface area contributed by atoms with Crippen LogP contribution in [-0.2, 0) is 12.8 Å². The molecule has 0 saturated heterocycles. The van der Waals surface area contributed by atoms with Crippen molar-refractivity contribution in [3.8, 4) is 0 Å². The standard InChI is InChI=1S/C18H20N4O2/c23-17(12-1-2-12)13-3-5-14(6-4-13)21-18(24)22-9-7-15-16(8-10-22)20-11-19-15/h3-6,11-12H,1-2,7-10H2,(H,19,20)(H,21,24). The predicted octanol–water partition coefficient (Wildman–Crippen LogP) is 2.64. The number of rotatable bonds is 3. The molecular weight excluding hydrogens is 304 g/mol. The summed E-state index contributed by atoms with van der Waals surface area (Å²) < 4.78 is 0. The molecule has 0 bridgehead atoms. The number of carbonyl (C=O) groups excluding carboxylic acids is 2. The van der Waals surface area contributed by atoms with Crippen molar-refractivity contribution < 1.29 is 9.59 Å². The van der Waals surface area contributed by atoms with Crippen LogP contribution in [0.25, 0.3) is 0 Å². The Kier molecular flexibility index (Phi) is 3.80. The number of anilines is 1. The first-order valence-electron chi connectivity index (χ1n) is 8.42. The fourth-order valence-corrected chi connectivity index (χ4v) is 3.09. The summed E-state index contributed by atoms with van der Waals surface area (Å²) in [6, 6.07) is 7.09. The lowest BCUT2D eigenvalue weighted by molar-refractivity contribution is 0.0967. The van der Waals surface area contributed by atoms with Crippen LogP contribution in [0.2, 0.25) is 0 Å². The molecule has 1 aliphatic carbocycles. The summed E-state index contributed by atoms with van der Waals surface area (Å²) in [7, 11) is 0. The molecule has 2 aliphatic rings. The molecule has 0 spiro atoms. The Morgan fingerprint density at radius 3 is 2.62 bits per heavy atom. The average molecular weight is 324 g/mol. The van der Waals surface area contributed by atoms with Gasteiger partial charge >= 0.3 is 6.03 Å². The fourth-order valence-electron chi connectivity index (χ4n) is 3.09. The van der Waals surface area contributed by atoms with Gasteiger partial charge in [-0.3, -0.25) is 4.79 Å². The van der Waals surface area contributed by atoms with E-state index in [0.717, 1.165) is 42.6 Å². The molecule has 2 amide bonds. The molecule has 0 radical (unpaired) electrons. The van der Waals surface area contributed by atoms with Crippen LogP contribution in [-0.4, -0.2) is 39.8 Å². The van der Waals surface area contributed by atoms with E-state index in [1.165, 1.54) is 0 Å². The van der Waals surface area contributed by atoms with Crippen molar-refractivity contribution in [3.63, 3.8) is 0 Å². The molecule has 1 aliphatic heterocycles.